The molecule has 1 fully saturated rings. The van der Waals surface area contributed by atoms with Crippen molar-refractivity contribution in [3.8, 4) is 11.5 Å². The molecule has 2 N–H and O–H groups in total. The molecule has 0 aromatic heterocycles. The van der Waals surface area contributed by atoms with Crippen LogP contribution in [0.4, 0.5) is 0 Å². The molecular formula is C19H16O5S. The Hall–Kier alpha value is -2.86. The summed E-state index contributed by atoms with van der Waals surface area (Å²) in [6.45, 7) is 0. The van der Waals surface area contributed by atoms with Crippen LogP contribution in [0.15, 0.2) is 59.7 Å². The number of carbonyl (C=O) groups excluding carboxylic acids is 1. The topological polar surface area (TPSA) is 91.7 Å². The monoisotopic (exact) mass is 356 g/mol. The van der Waals surface area contributed by atoms with E-state index in [2.05, 4.69) is 0 Å². The predicted molar refractivity (Wildman–Crippen MR) is 95.8 cm³/mol. The highest BCUT2D eigenvalue weighted by molar-refractivity contribution is 7.92. The smallest absolute Gasteiger partial charge is 0.187 e. The van der Waals surface area contributed by atoms with Gasteiger partial charge in [-0.1, -0.05) is 24.3 Å². The molecule has 6 heteroatoms. The summed E-state index contributed by atoms with van der Waals surface area (Å²) in [5, 5.41) is 19.0. The Morgan fingerprint density at radius 1 is 0.800 bits per heavy atom. The Morgan fingerprint density at radius 2 is 1.24 bits per heavy atom. The molecule has 3 rings (SSSR count). The molecule has 1 saturated heterocycles. The fourth-order valence-electron chi connectivity index (χ4n) is 2.71. The lowest BCUT2D eigenvalue weighted by atomic mass is 10.0. The standard InChI is InChI=1S/C19H16O5S/c20-17-5-1-3-13(9-17)7-15-11-25(23,24)12-16(19(15)22)8-14-4-2-6-18(21)10-14/h1-10,20-21H,11-12H2/b15-7-,16-8+. The number of benzene rings is 2. The van der Waals surface area contributed by atoms with E-state index in [1.165, 1.54) is 36.4 Å². The molecule has 128 valence electrons. The fourth-order valence-corrected chi connectivity index (χ4v) is 4.19. The number of aromatic hydroxyl groups is 2. The van der Waals surface area contributed by atoms with Gasteiger partial charge in [-0.15, -0.1) is 0 Å². The molecule has 0 amide bonds. The summed E-state index contributed by atoms with van der Waals surface area (Å²) < 4.78 is 24.4. The third-order valence-electron chi connectivity index (χ3n) is 3.76. The van der Waals surface area contributed by atoms with Gasteiger partial charge in [-0.25, -0.2) is 8.42 Å². The first-order chi connectivity index (χ1) is 11.8. The highest BCUT2D eigenvalue weighted by atomic mass is 32.2. The summed E-state index contributed by atoms with van der Waals surface area (Å²) in [5.41, 5.74) is 1.42. The summed E-state index contributed by atoms with van der Waals surface area (Å²) in [6.07, 6.45) is 2.96. The first-order valence-corrected chi connectivity index (χ1v) is 9.39. The number of hydrogen-bond acceptors (Lipinski definition) is 5. The van der Waals surface area contributed by atoms with Crippen LogP contribution >= 0.6 is 0 Å². The summed E-state index contributed by atoms with van der Waals surface area (Å²) >= 11 is 0. The zero-order chi connectivity index (χ0) is 18.0. The quantitative estimate of drug-likeness (QED) is 0.807. The molecule has 2 aromatic rings. The van der Waals surface area contributed by atoms with Gasteiger partial charge in [-0.05, 0) is 47.5 Å². The van der Waals surface area contributed by atoms with Crippen LogP contribution in [0.3, 0.4) is 0 Å². The molecule has 1 aliphatic heterocycles. The number of hydrogen-bond donors (Lipinski definition) is 2. The maximum atomic E-state index is 12.7. The van der Waals surface area contributed by atoms with E-state index in [0.29, 0.717) is 11.1 Å². The van der Waals surface area contributed by atoms with Crippen molar-refractivity contribution in [3.05, 3.63) is 70.8 Å². The Morgan fingerprint density at radius 3 is 1.64 bits per heavy atom. The average molecular weight is 356 g/mol. The van der Waals surface area contributed by atoms with Crippen LogP contribution in [0, 0.1) is 0 Å². The van der Waals surface area contributed by atoms with Crippen LogP contribution in [0.5, 0.6) is 11.5 Å². The first kappa shape index (κ1) is 17.0. The molecule has 0 bridgehead atoms. The maximum Gasteiger partial charge on any atom is 0.187 e. The number of carbonyl (C=O) groups is 1. The van der Waals surface area contributed by atoms with E-state index >= 15 is 0 Å². The summed E-state index contributed by atoms with van der Waals surface area (Å²) in [7, 11) is -3.46. The summed E-state index contributed by atoms with van der Waals surface area (Å²) in [4.78, 5) is 12.7. The van der Waals surface area contributed by atoms with Crippen molar-refractivity contribution in [1.82, 2.24) is 0 Å². The van der Waals surface area contributed by atoms with Gasteiger partial charge in [-0.2, -0.15) is 0 Å². The Bertz CT molecular complexity index is 926. The zero-order valence-electron chi connectivity index (χ0n) is 13.2. The molecule has 0 spiro atoms. The van der Waals surface area contributed by atoms with Crippen LogP contribution in [0.25, 0.3) is 12.2 Å². The number of rotatable bonds is 2. The summed E-state index contributed by atoms with van der Waals surface area (Å²) in [5.74, 6) is -0.939. The van der Waals surface area contributed by atoms with Gasteiger partial charge in [0.1, 0.15) is 11.5 Å². The molecule has 0 atom stereocenters. The van der Waals surface area contributed by atoms with Gasteiger partial charge >= 0.3 is 0 Å². The van der Waals surface area contributed by atoms with E-state index in [4.69, 9.17) is 0 Å². The maximum absolute atomic E-state index is 12.7. The number of phenols is 2. The Balaban J connectivity index is 2.02. The molecule has 0 unspecified atom stereocenters. The second-order valence-electron chi connectivity index (χ2n) is 5.89. The van der Waals surface area contributed by atoms with E-state index in [0.717, 1.165) is 0 Å². The van der Waals surface area contributed by atoms with Crippen molar-refractivity contribution in [3.63, 3.8) is 0 Å². The second kappa shape index (κ2) is 6.57. The molecule has 0 aliphatic carbocycles. The van der Waals surface area contributed by atoms with Crippen molar-refractivity contribution < 1.29 is 23.4 Å². The van der Waals surface area contributed by atoms with Crippen LogP contribution in [0.2, 0.25) is 0 Å². The van der Waals surface area contributed by atoms with E-state index in [-0.39, 0.29) is 39.9 Å². The largest absolute Gasteiger partial charge is 0.508 e. The lowest BCUT2D eigenvalue weighted by Crippen LogP contribution is -2.28. The fraction of sp³-hybridized carbons (Fsp3) is 0.105. The lowest BCUT2D eigenvalue weighted by molar-refractivity contribution is -0.112. The minimum atomic E-state index is -3.46. The van der Waals surface area contributed by atoms with Crippen molar-refractivity contribution in [1.29, 1.82) is 0 Å². The molecule has 0 radical (unpaired) electrons. The van der Waals surface area contributed by atoms with Gasteiger partial charge in [0.2, 0.25) is 0 Å². The van der Waals surface area contributed by atoms with Crippen LogP contribution < -0.4 is 0 Å². The molecule has 25 heavy (non-hydrogen) atoms. The lowest BCUT2D eigenvalue weighted by Gasteiger charge is -2.17. The Kier molecular flexibility index (Phi) is 4.46. The van der Waals surface area contributed by atoms with Crippen molar-refractivity contribution >= 4 is 27.8 Å². The number of phenolic OH excluding ortho intramolecular Hbond substituents is 2. The molecule has 1 heterocycles. The van der Waals surface area contributed by atoms with Crippen molar-refractivity contribution in [2.75, 3.05) is 11.5 Å². The molecule has 1 aliphatic rings. The number of sulfone groups is 1. The highest BCUT2D eigenvalue weighted by Crippen LogP contribution is 2.25. The Labute approximate surface area is 145 Å². The minimum Gasteiger partial charge on any atom is -0.508 e. The predicted octanol–water partition coefficient (Wildman–Crippen LogP) is 2.56. The molecule has 2 aromatic carbocycles. The van der Waals surface area contributed by atoms with Crippen molar-refractivity contribution in [2.45, 2.75) is 0 Å². The SMILES string of the molecule is O=C1/C(=C/c2cccc(O)c2)CS(=O)(=O)C/C1=C/c1cccc(O)c1. The van der Waals surface area contributed by atoms with E-state index in [1.807, 2.05) is 0 Å². The van der Waals surface area contributed by atoms with Crippen LogP contribution in [-0.4, -0.2) is 35.9 Å². The van der Waals surface area contributed by atoms with Gasteiger partial charge in [0, 0.05) is 11.1 Å². The van der Waals surface area contributed by atoms with Gasteiger partial charge < -0.3 is 10.2 Å². The molecular weight excluding hydrogens is 340 g/mol. The molecule has 5 nitrogen and oxygen atoms in total. The third-order valence-corrected chi connectivity index (χ3v) is 5.26. The molecule has 0 saturated carbocycles. The van der Waals surface area contributed by atoms with E-state index in [9.17, 15) is 23.4 Å². The first-order valence-electron chi connectivity index (χ1n) is 7.57. The minimum absolute atomic E-state index is 0.0380. The zero-order valence-corrected chi connectivity index (χ0v) is 14.0. The van der Waals surface area contributed by atoms with Crippen molar-refractivity contribution in [2.24, 2.45) is 0 Å². The second-order valence-corrected chi connectivity index (χ2v) is 7.95. The van der Waals surface area contributed by atoms with Gasteiger partial charge in [-0.3, -0.25) is 4.79 Å². The highest BCUT2D eigenvalue weighted by Gasteiger charge is 2.30. The number of ketones is 1. The van der Waals surface area contributed by atoms with Gasteiger partial charge in [0.25, 0.3) is 0 Å². The third kappa shape index (κ3) is 4.16. The van der Waals surface area contributed by atoms with Gasteiger partial charge in [0.05, 0.1) is 11.5 Å². The van der Waals surface area contributed by atoms with E-state index < -0.39 is 9.84 Å². The normalized spacial score (nSPS) is 20.1. The summed E-state index contributed by atoms with van der Waals surface area (Å²) in [6, 6.07) is 12.5. The van der Waals surface area contributed by atoms with Crippen LogP contribution in [-0.2, 0) is 14.6 Å². The average Bonchev–Trinajstić information content (AvgIpc) is 2.51. The van der Waals surface area contributed by atoms with Gasteiger partial charge in [0.15, 0.2) is 15.6 Å². The van der Waals surface area contributed by atoms with Crippen LogP contribution in [0.1, 0.15) is 11.1 Å². The van der Waals surface area contributed by atoms with E-state index in [1.54, 1.807) is 24.3 Å². The number of Topliss-reactive ketones (excluding diaryl/α,β-unsaturated/α-hetero) is 1.